The van der Waals surface area contributed by atoms with E-state index in [0.29, 0.717) is 29.1 Å². The van der Waals surface area contributed by atoms with Crippen LogP contribution in [0.25, 0.3) is 0 Å². The molecule has 2 rings (SSSR count). The van der Waals surface area contributed by atoms with Crippen LogP contribution in [-0.2, 0) is 0 Å². The molecule has 1 aromatic carbocycles. The molecule has 0 aliphatic heterocycles. The van der Waals surface area contributed by atoms with Crippen LogP contribution in [0.5, 0.6) is 0 Å². The second-order valence-electron chi connectivity index (χ2n) is 4.94. The van der Waals surface area contributed by atoms with E-state index in [1.807, 2.05) is 0 Å². The van der Waals surface area contributed by atoms with Gasteiger partial charge in [-0.1, -0.05) is 30.9 Å². The Bertz CT molecular complexity index is 530. The molecule has 1 aliphatic carbocycles. The molecule has 1 amide bonds. The molecule has 4 nitrogen and oxygen atoms in total. The van der Waals surface area contributed by atoms with Gasteiger partial charge in [0.2, 0.25) is 0 Å². The molecule has 1 aromatic rings. The van der Waals surface area contributed by atoms with E-state index < -0.39 is 5.54 Å². The van der Waals surface area contributed by atoms with Crippen molar-refractivity contribution in [2.45, 2.75) is 37.6 Å². The van der Waals surface area contributed by atoms with Crippen LogP contribution in [0, 0.1) is 11.3 Å². The molecule has 0 unspecified atom stereocenters. The highest BCUT2D eigenvalue weighted by Gasteiger charge is 2.33. The predicted molar refractivity (Wildman–Crippen MR) is 74.8 cm³/mol. The van der Waals surface area contributed by atoms with Crippen LogP contribution in [0.2, 0.25) is 5.02 Å². The van der Waals surface area contributed by atoms with Crippen LogP contribution in [0.4, 0.5) is 5.69 Å². The molecule has 0 saturated heterocycles. The van der Waals surface area contributed by atoms with E-state index in [0.717, 1.165) is 19.3 Å². The first kappa shape index (κ1) is 13.7. The van der Waals surface area contributed by atoms with E-state index in [2.05, 4.69) is 11.4 Å². The van der Waals surface area contributed by atoms with E-state index in [9.17, 15) is 10.1 Å². The number of nitriles is 1. The fraction of sp³-hybridized carbons (Fsp3) is 0.429. The number of rotatable bonds is 2. The Morgan fingerprint density at radius 1 is 1.37 bits per heavy atom. The molecular formula is C14H16ClN3O. The van der Waals surface area contributed by atoms with Gasteiger partial charge in [0.05, 0.1) is 16.8 Å². The van der Waals surface area contributed by atoms with Crippen molar-refractivity contribution in [1.29, 1.82) is 5.26 Å². The molecule has 0 radical (unpaired) electrons. The number of nitrogens with one attached hydrogen (secondary N) is 1. The number of carbonyl (C=O) groups is 1. The second kappa shape index (κ2) is 5.50. The fourth-order valence-corrected chi connectivity index (χ4v) is 2.51. The van der Waals surface area contributed by atoms with E-state index in [1.165, 1.54) is 6.07 Å². The lowest BCUT2D eigenvalue weighted by molar-refractivity contribution is 0.0903. The smallest absolute Gasteiger partial charge is 0.252 e. The third-order valence-corrected chi connectivity index (χ3v) is 3.88. The number of amides is 1. The summed E-state index contributed by atoms with van der Waals surface area (Å²) in [5.74, 6) is -0.271. The van der Waals surface area contributed by atoms with E-state index in [-0.39, 0.29) is 5.91 Å². The molecule has 19 heavy (non-hydrogen) atoms. The Morgan fingerprint density at radius 2 is 2.05 bits per heavy atom. The Balaban J connectivity index is 2.15. The molecule has 0 heterocycles. The number of nitrogens with zero attached hydrogens (tertiary/aromatic N) is 1. The summed E-state index contributed by atoms with van der Waals surface area (Å²) in [7, 11) is 0. The van der Waals surface area contributed by atoms with Crippen LogP contribution >= 0.6 is 11.6 Å². The lowest BCUT2D eigenvalue weighted by atomic mass is 9.82. The van der Waals surface area contributed by atoms with Gasteiger partial charge in [-0.2, -0.15) is 5.26 Å². The predicted octanol–water partition coefficient (Wildman–Crippen LogP) is 2.88. The molecule has 3 N–H and O–H groups in total. The second-order valence-corrected chi connectivity index (χ2v) is 5.35. The topological polar surface area (TPSA) is 78.9 Å². The highest BCUT2D eigenvalue weighted by molar-refractivity contribution is 6.33. The molecule has 1 saturated carbocycles. The van der Waals surface area contributed by atoms with Crippen molar-refractivity contribution in [2.24, 2.45) is 0 Å². The van der Waals surface area contributed by atoms with Gasteiger partial charge in [0.25, 0.3) is 5.91 Å². The average Bonchev–Trinajstić information content (AvgIpc) is 2.43. The number of benzene rings is 1. The van der Waals surface area contributed by atoms with Crippen LogP contribution < -0.4 is 11.1 Å². The molecule has 0 aromatic heterocycles. The zero-order valence-electron chi connectivity index (χ0n) is 10.6. The minimum absolute atomic E-state index is 0.271. The van der Waals surface area contributed by atoms with Gasteiger partial charge in [0, 0.05) is 5.56 Å². The van der Waals surface area contributed by atoms with Crippen molar-refractivity contribution in [2.75, 3.05) is 5.73 Å². The molecule has 1 fully saturated rings. The van der Waals surface area contributed by atoms with Crippen LogP contribution in [-0.4, -0.2) is 11.4 Å². The zero-order chi connectivity index (χ0) is 13.9. The maximum Gasteiger partial charge on any atom is 0.252 e. The van der Waals surface area contributed by atoms with E-state index in [1.54, 1.807) is 12.1 Å². The minimum Gasteiger partial charge on any atom is -0.398 e. The molecule has 5 heteroatoms. The van der Waals surface area contributed by atoms with E-state index >= 15 is 0 Å². The monoisotopic (exact) mass is 277 g/mol. The standard InChI is InChI=1S/C14H16ClN3O/c15-11-5-4-10(8-12(11)17)13(19)18-14(9-16)6-2-1-3-7-14/h4-5,8H,1-3,6-7,17H2,(H,18,19). The summed E-state index contributed by atoms with van der Waals surface area (Å²) in [6, 6.07) is 6.99. The highest BCUT2D eigenvalue weighted by Crippen LogP contribution is 2.28. The Kier molecular flexibility index (Phi) is 3.96. The Labute approximate surface area is 117 Å². The van der Waals surface area contributed by atoms with Crippen LogP contribution in [0.15, 0.2) is 18.2 Å². The summed E-state index contributed by atoms with van der Waals surface area (Å²) >= 11 is 5.82. The average molecular weight is 278 g/mol. The summed E-state index contributed by atoms with van der Waals surface area (Å²) in [6.45, 7) is 0. The van der Waals surface area contributed by atoms with Crippen molar-refractivity contribution in [3.8, 4) is 6.07 Å². The number of carbonyl (C=O) groups excluding carboxylic acids is 1. The number of anilines is 1. The normalized spacial score (nSPS) is 17.5. The SMILES string of the molecule is N#CC1(NC(=O)c2ccc(Cl)c(N)c2)CCCCC1. The molecule has 0 bridgehead atoms. The van der Waals surface area contributed by atoms with Gasteiger partial charge in [-0.05, 0) is 31.0 Å². The van der Waals surface area contributed by atoms with Gasteiger partial charge in [0.1, 0.15) is 5.54 Å². The summed E-state index contributed by atoms with van der Waals surface area (Å²) < 4.78 is 0. The lowest BCUT2D eigenvalue weighted by Gasteiger charge is -2.31. The zero-order valence-corrected chi connectivity index (χ0v) is 11.3. The van der Waals surface area contributed by atoms with Crippen molar-refractivity contribution >= 4 is 23.2 Å². The summed E-state index contributed by atoms with van der Waals surface area (Å²) in [4.78, 5) is 12.2. The van der Waals surface area contributed by atoms with Gasteiger partial charge >= 0.3 is 0 Å². The molecule has 0 atom stereocenters. The van der Waals surface area contributed by atoms with Gasteiger partial charge in [-0.15, -0.1) is 0 Å². The first-order valence-corrected chi connectivity index (χ1v) is 6.73. The highest BCUT2D eigenvalue weighted by atomic mass is 35.5. The summed E-state index contributed by atoms with van der Waals surface area (Å²) in [5.41, 5.74) is 5.74. The van der Waals surface area contributed by atoms with Gasteiger partial charge in [-0.3, -0.25) is 4.79 Å². The number of halogens is 1. The van der Waals surface area contributed by atoms with Gasteiger partial charge in [-0.25, -0.2) is 0 Å². The van der Waals surface area contributed by atoms with Gasteiger partial charge < -0.3 is 11.1 Å². The maximum atomic E-state index is 12.2. The fourth-order valence-electron chi connectivity index (χ4n) is 2.39. The van der Waals surface area contributed by atoms with Crippen molar-refractivity contribution in [3.05, 3.63) is 28.8 Å². The summed E-state index contributed by atoms with van der Waals surface area (Å²) in [5, 5.41) is 12.6. The largest absolute Gasteiger partial charge is 0.398 e. The van der Waals surface area contributed by atoms with Crippen LogP contribution in [0.3, 0.4) is 0 Å². The third kappa shape index (κ3) is 2.99. The number of hydrogen-bond acceptors (Lipinski definition) is 3. The molecular weight excluding hydrogens is 262 g/mol. The number of nitrogen functional groups attached to an aromatic ring is 1. The third-order valence-electron chi connectivity index (χ3n) is 3.53. The van der Waals surface area contributed by atoms with Crippen molar-refractivity contribution in [1.82, 2.24) is 5.32 Å². The Hall–Kier alpha value is -1.73. The van der Waals surface area contributed by atoms with Crippen molar-refractivity contribution < 1.29 is 4.79 Å². The van der Waals surface area contributed by atoms with Gasteiger partial charge in [0.15, 0.2) is 0 Å². The van der Waals surface area contributed by atoms with Crippen molar-refractivity contribution in [3.63, 3.8) is 0 Å². The maximum absolute atomic E-state index is 12.2. The van der Waals surface area contributed by atoms with Crippen LogP contribution in [0.1, 0.15) is 42.5 Å². The molecule has 0 spiro atoms. The summed E-state index contributed by atoms with van der Waals surface area (Å²) in [6.07, 6.45) is 4.47. The van der Waals surface area contributed by atoms with E-state index in [4.69, 9.17) is 17.3 Å². The molecule has 1 aliphatic rings. The first-order chi connectivity index (χ1) is 9.06. The minimum atomic E-state index is -0.732. The number of hydrogen-bond donors (Lipinski definition) is 2. The number of nitrogens with two attached hydrogens (primary N) is 1. The lowest BCUT2D eigenvalue weighted by Crippen LogP contribution is -2.48. The Morgan fingerprint density at radius 3 is 2.63 bits per heavy atom. The quantitative estimate of drug-likeness (QED) is 0.816. The molecule has 100 valence electrons. The first-order valence-electron chi connectivity index (χ1n) is 6.35.